The topological polar surface area (TPSA) is 184 Å². The van der Waals surface area contributed by atoms with Crippen molar-refractivity contribution in [2.75, 3.05) is 14.1 Å². The standard InChI is InChI=1S/C26H24N4O7/c1-29(2)20-14-8-12-7-13-15(30-6-5-11(9-27)10-30)3-4-16(31)18(13)21(32)17(12)23(34)26(14,37)24(35)19(22(20)33)25(28)36/h3-6,10,12,14,17,19-20,31,37H,7-8H2,1-2H3,(H2,28,36)/t12-,14-,17?,19?,20+,26-/m1/s1. The monoisotopic (exact) mass is 504 g/mol. The predicted octanol–water partition coefficient (Wildman–Crippen LogP) is -0.471. The van der Waals surface area contributed by atoms with Gasteiger partial charge in [0.1, 0.15) is 11.8 Å². The number of amides is 1. The number of primary amides is 1. The lowest BCUT2D eigenvalue weighted by molar-refractivity contribution is -0.181. The fourth-order valence-electron chi connectivity index (χ4n) is 6.44. The van der Waals surface area contributed by atoms with E-state index in [2.05, 4.69) is 0 Å². The first-order valence-corrected chi connectivity index (χ1v) is 11.7. The van der Waals surface area contributed by atoms with Crippen LogP contribution in [0.15, 0.2) is 30.6 Å². The van der Waals surface area contributed by atoms with Gasteiger partial charge in [-0.25, -0.2) is 0 Å². The molecular formula is C26H24N4O7. The predicted molar refractivity (Wildman–Crippen MR) is 125 cm³/mol. The summed E-state index contributed by atoms with van der Waals surface area (Å²) in [5.41, 5.74) is 3.83. The number of ketones is 4. The Morgan fingerprint density at radius 1 is 1.19 bits per heavy atom. The first-order valence-electron chi connectivity index (χ1n) is 11.7. The average molecular weight is 504 g/mol. The molecule has 3 aliphatic rings. The van der Waals surface area contributed by atoms with Gasteiger partial charge >= 0.3 is 0 Å². The number of likely N-dealkylation sites (N-methyl/N-ethyl adjacent to an activating group) is 1. The molecule has 0 aliphatic heterocycles. The van der Waals surface area contributed by atoms with Crippen molar-refractivity contribution in [3.05, 3.63) is 47.3 Å². The molecule has 2 saturated carbocycles. The maximum Gasteiger partial charge on any atom is 0.235 e. The van der Waals surface area contributed by atoms with E-state index in [0.29, 0.717) is 16.8 Å². The second-order valence-corrected chi connectivity index (χ2v) is 10.2. The summed E-state index contributed by atoms with van der Waals surface area (Å²) in [6.07, 6.45) is 3.30. The van der Waals surface area contributed by atoms with Gasteiger partial charge in [0.2, 0.25) is 5.91 Å². The van der Waals surface area contributed by atoms with Gasteiger partial charge < -0.3 is 20.5 Å². The Morgan fingerprint density at radius 2 is 1.89 bits per heavy atom. The number of nitrogens with zero attached hydrogens (tertiary/aromatic N) is 3. The maximum absolute atomic E-state index is 13.8. The number of nitriles is 1. The molecule has 190 valence electrons. The van der Waals surface area contributed by atoms with Crippen LogP contribution in [0.1, 0.15) is 27.9 Å². The molecule has 3 aliphatic carbocycles. The summed E-state index contributed by atoms with van der Waals surface area (Å²) in [5.74, 6) is -10.9. The molecule has 6 atom stereocenters. The molecule has 11 heteroatoms. The number of carbonyl (C=O) groups is 5. The van der Waals surface area contributed by atoms with Gasteiger partial charge in [-0.1, -0.05) is 0 Å². The van der Waals surface area contributed by atoms with Crippen molar-refractivity contribution in [3.8, 4) is 17.5 Å². The molecule has 37 heavy (non-hydrogen) atoms. The van der Waals surface area contributed by atoms with Gasteiger partial charge in [0.15, 0.2) is 34.7 Å². The van der Waals surface area contributed by atoms with Gasteiger partial charge in [-0.15, -0.1) is 0 Å². The SMILES string of the molecule is CN(C)[C@@H]1C(=O)C(C(N)=O)C(=O)[C@]2(O)C(=O)C3C(=O)c4c(O)ccc(-n5ccc(C#N)c5)c4C[C@@H]3C[C@H]12. The molecule has 0 saturated heterocycles. The lowest BCUT2D eigenvalue weighted by atomic mass is 9.52. The number of aliphatic hydroxyl groups is 1. The zero-order valence-corrected chi connectivity index (χ0v) is 20.0. The third-order valence-corrected chi connectivity index (χ3v) is 8.02. The number of aromatic hydroxyl groups is 1. The number of nitrogens with two attached hydrogens (primary N) is 1. The summed E-state index contributed by atoms with van der Waals surface area (Å²) in [6, 6.07) is 5.36. The highest BCUT2D eigenvalue weighted by molar-refractivity contribution is 6.32. The van der Waals surface area contributed by atoms with Crippen molar-refractivity contribution < 1.29 is 34.2 Å². The quantitative estimate of drug-likeness (QED) is 0.465. The summed E-state index contributed by atoms with van der Waals surface area (Å²) >= 11 is 0. The zero-order chi connectivity index (χ0) is 27.0. The van der Waals surface area contributed by atoms with Crippen LogP contribution in [0.25, 0.3) is 5.69 Å². The van der Waals surface area contributed by atoms with Crippen molar-refractivity contribution in [3.63, 3.8) is 0 Å². The number of hydrogen-bond acceptors (Lipinski definition) is 9. The van der Waals surface area contributed by atoms with Crippen molar-refractivity contribution >= 4 is 29.0 Å². The van der Waals surface area contributed by atoms with Crippen LogP contribution in [-0.4, -0.2) is 74.5 Å². The summed E-state index contributed by atoms with van der Waals surface area (Å²) in [5, 5.41) is 31.4. The number of fused-ring (bicyclic) bond motifs is 3. The Morgan fingerprint density at radius 3 is 2.49 bits per heavy atom. The summed E-state index contributed by atoms with van der Waals surface area (Å²) < 4.78 is 1.64. The van der Waals surface area contributed by atoms with Gasteiger partial charge in [-0.2, -0.15) is 5.26 Å². The third-order valence-electron chi connectivity index (χ3n) is 8.02. The first-order chi connectivity index (χ1) is 17.4. The second kappa shape index (κ2) is 8.19. The minimum atomic E-state index is -2.76. The van der Waals surface area contributed by atoms with Crippen molar-refractivity contribution in [2.24, 2.45) is 29.4 Å². The molecule has 5 rings (SSSR count). The largest absolute Gasteiger partial charge is 0.507 e. The highest BCUT2D eigenvalue weighted by Crippen LogP contribution is 2.51. The molecule has 11 nitrogen and oxygen atoms in total. The van der Waals surface area contributed by atoms with E-state index in [4.69, 9.17) is 5.73 Å². The number of phenolic OH excluding ortho intramolecular Hbond substituents is 1. The lowest BCUT2D eigenvalue weighted by Crippen LogP contribution is -2.74. The maximum atomic E-state index is 13.8. The Hall–Kier alpha value is -4.14. The Bertz CT molecular complexity index is 1450. The van der Waals surface area contributed by atoms with Crippen LogP contribution in [0, 0.1) is 35.0 Å². The van der Waals surface area contributed by atoms with E-state index in [9.17, 15) is 39.4 Å². The van der Waals surface area contributed by atoms with E-state index in [1.54, 1.807) is 29.1 Å². The minimum absolute atomic E-state index is 0.0336. The normalized spacial score (nSPS) is 30.9. The van der Waals surface area contributed by atoms with E-state index in [1.807, 2.05) is 6.07 Å². The van der Waals surface area contributed by atoms with Crippen LogP contribution in [0.3, 0.4) is 0 Å². The number of aromatic nitrogens is 1. The molecular weight excluding hydrogens is 480 g/mol. The highest BCUT2D eigenvalue weighted by atomic mass is 16.3. The van der Waals surface area contributed by atoms with Gasteiger partial charge in [0.05, 0.1) is 23.1 Å². The molecule has 2 aromatic rings. The summed E-state index contributed by atoms with van der Waals surface area (Å²) in [4.78, 5) is 67.4. The molecule has 0 spiro atoms. The Labute approximate surface area is 211 Å². The number of rotatable bonds is 3. The summed E-state index contributed by atoms with van der Waals surface area (Å²) in [7, 11) is 3.06. The molecule has 0 radical (unpaired) electrons. The number of benzene rings is 1. The number of phenols is 1. The molecule has 2 fully saturated rings. The molecule has 1 aromatic heterocycles. The molecule has 1 heterocycles. The minimum Gasteiger partial charge on any atom is -0.507 e. The van der Waals surface area contributed by atoms with Crippen LogP contribution in [0.2, 0.25) is 0 Å². The first kappa shape index (κ1) is 24.5. The summed E-state index contributed by atoms with van der Waals surface area (Å²) in [6.45, 7) is 0. The highest BCUT2D eigenvalue weighted by Gasteiger charge is 2.69. The third kappa shape index (κ3) is 3.22. The van der Waals surface area contributed by atoms with E-state index in [0.717, 1.165) is 0 Å². The van der Waals surface area contributed by atoms with Crippen LogP contribution < -0.4 is 5.73 Å². The molecule has 2 unspecified atom stereocenters. The average Bonchev–Trinajstić information content (AvgIpc) is 3.30. The lowest BCUT2D eigenvalue weighted by Gasteiger charge is -2.52. The molecule has 4 N–H and O–H groups in total. The zero-order valence-electron chi connectivity index (χ0n) is 20.0. The van der Waals surface area contributed by atoms with Crippen LogP contribution >= 0.6 is 0 Å². The van der Waals surface area contributed by atoms with Crippen LogP contribution in [0.5, 0.6) is 5.75 Å². The van der Waals surface area contributed by atoms with E-state index in [-0.39, 0.29) is 24.2 Å². The van der Waals surface area contributed by atoms with Gasteiger partial charge in [-0.05, 0) is 56.6 Å². The van der Waals surface area contributed by atoms with Crippen LogP contribution in [-0.2, 0) is 25.6 Å². The van der Waals surface area contributed by atoms with Crippen LogP contribution in [0.4, 0.5) is 0 Å². The fraction of sp³-hybridized carbons (Fsp3) is 0.385. The smallest absolute Gasteiger partial charge is 0.235 e. The second-order valence-electron chi connectivity index (χ2n) is 10.2. The van der Waals surface area contributed by atoms with Crippen molar-refractivity contribution in [2.45, 2.75) is 24.5 Å². The molecule has 1 aromatic carbocycles. The van der Waals surface area contributed by atoms with Gasteiger partial charge in [0.25, 0.3) is 0 Å². The molecule has 0 bridgehead atoms. The number of hydrogen-bond donors (Lipinski definition) is 3. The van der Waals surface area contributed by atoms with E-state index in [1.165, 1.54) is 25.1 Å². The number of carbonyl (C=O) groups excluding carboxylic acids is 5. The Kier molecular flexibility index (Phi) is 5.44. The van der Waals surface area contributed by atoms with Crippen molar-refractivity contribution in [1.82, 2.24) is 9.47 Å². The Balaban J connectivity index is 1.66. The van der Waals surface area contributed by atoms with E-state index < -0.39 is 64.4 Å². The van der Waals surface area contributed by atoms with Gasteiger partial charge in [0, 0.05) is 24.0 Å². The van der Waals surface area contributed by atoms with Gasteiger partial charge in [-0.3, -0.25) is 28.9 Å². The van der Waals surface area contributed by atoms with Crippen molar-refractivity contribution in [1.29, 1.82) is 5.26 Å². The fourth-order valence-corrected chi connectivity index (χ4v) is 6.44. The molecule has 1 amide bonds. The number of Topliss-reactive ketones (excluding diaryl/α,β-unsaturated/α-hetero) is 4. The van der Waals surface area contributed by atoms with E-state index >= 15 is 0 Å².